The fourth-order valence-electron chi connectivity index (χ4n) is 3.32. The van der Waals surface area contributed by atoms with Gasteiger partial charge in [0.15, 0.2) is 0 Å². The highest BCUT2D eigenvalue weighted by Crippen LogP contribution is 2.22. The van der Waals surface area contributed by atoms with Crippen molar-refractivity contribution in [1.29, 1.82) is 0 Å². The van der Waals surface area contributed by atoms with Crippen LogP contribution in [0.4, 0.5) is 0 Å². The Labute approximate surface area is 136 Å². The second kappa shape index (κ2) is 7.44. The summed E-state index contributed by atoms with van der Waals surface area (Å²) in [5, 5.41) is 7.18. The Morgan fingerprint density at radius 2 is 2.39 bits per heavy atom. The summed E-state index contributed by atoms with van der Waals surface area (Å²) in [4.78, 5) is 18.5. The summed E-state index contributed by atoms with van der Waals surface area (Å²) < 4.78 is 2.02. The van der Waals surface area contributed by atoms with Gasteiger partial charge < -0.3 is 9.47 Å². The first-order valence-corrected chi connectivity index (χ1v) is 8.44. The van der Waals surface area contributed by atoms with Crippen molar-refractivity contribution >= 4 is 5.91 Å². The number of nitrogens with one attached hydrogen (secondary N) is 1. The quantitative estimate of drug-likeness (QED) is 0.888. The van der Waals surface area contributed by atoms with Gasteiger partial charge in [-0.1, -0.05) is 0 Å². The Balaban J connectivity index is 1.45. The minimum Gasteiger partial charge on any atom is -0.342 e. The lowest BCUT2D eigenvalue weighted by atomic mass is 9.92. The molecule has 2 aromatic rings. The van der Waals surface area contributed by atoms with Gasteiger partial charge in [0.25, 0.3) is 0 Å². The molecule has 124 valence electrons. The van der Waals surface area contributed by atoms with Crippen LogP contribution in [0.3, 0.4) is 0 Å². The molecule has 1 saturated heterocycles. The molecule has 0 bridgehead atoms. The van der Waals surface area contributed by atoms with Crippen molar-refractivity contribution in [3.8, 4) is 0 Å². The summed E-state index contributed by atoms with van der Waals surface area (Å²) >= 11 is 0. The van der Waals surface area contributed by atoms with Crippen molar-refractivity contribution in [2.75, 3.05) is 13.1 Å². The minimum atomic E-state index is 0.288. The number of aromatic amines is 1. The predicted octanol–water partition coefficient (Wildman–Crippen LogP) is 2.18. The van der Waals surface area contributed by atoms with Gasteiger partial charge in [-0.25, -0.2) is 4.98 Å². The van der Waals surface area contributed by atoms with Gasteiger partial charge in [0.2, 0.25) is 5.91 Å². The molecule has 0 aromatic carbocycles. The van der Waals surface area contributed by atoms with Gasteiger partial charge in [0, 0.05) is 44.1 Å². The molecule has 1 unspecified atom stereocenters. The summed E-state index contributed by atoms with van der Waals surface area (Å²) in [5.74, 6) is 0.830. The summed E-state index contributed by atoms with van der Waals surface area (Å²) in [6, 6.07) is 0. The van der Waals surface area contributed by atoms with Gasteiger partial charge in [0.1, 0.15) is 0 Å². The lowest BCUT2D eigenvalue weighted by Gasteiger charge is -2.33. The van der Waals surface area contributed by atoms with Gasteiger partial charge in [-0.2, -0.15) is 5.10 Å². The van der Waals surface area contributed by atoms with Crippen LogP contribution in [0.2, 0.25) is 0 Å². The lowest BCUT2D eigenvalue weighted by Crippen LogP contribution is -2.40. The maximum atomic E-state index is 12.4. The third-order valence-electron chi connectivity index (χ3n) is 4.66. The molecule has 1 atom stereocenters. The number of aryl methyl sites for hydroxylation is 2. The molecule has 1 amide bonds. The van der Waals surface area contributed by atoms with E-state index in [1.165, 1.54) is 17.7 Å². The Kier molecular flexibility index (Phi) is 5.10. The maximum absolute atomic E-state index is 12.4. The van der Waals surface area contributed by atoms with Crippen LogP contribution in [0.1, 0.15) is 36.9 Å². The first-order valence-electron chi connectivity index (χ1n) is 8.44. The van der Waals surface area contributed by atoms with Crippen LogP contribution < -0.4 is 0 Å². The van der Waals surface area contributed by atoms with Crippen molar-refractivity contribution in [3.05, 3.63) is 36.2 Å². The maximum Gasteiger partial charge on any atom is 0.222 e. The number of aromatic nitrogens is 4. The van der Waals surface area contributed by atoms with E-state index in [1.807, 2.05) is 21.9 Å². The normalized spacial score (nSPS) is 18.3. The highest BCUT2D eigenvalue weighted by Gasteiger charge is 2.24. The van der Waals surface area contributed by atoms with Gasteiger partial charge in [0.05, 0.1) is 12.5 Å². The Hall–Kier alpha value is -2.11. The number of nitrogens with zero attached hydrogens (tertiary/aromatic N) is 4. The molecule has 1 aliphatic rings. The van der Waals surface area contributed by atoms with Crippen molar-refractivity contribution in [1.82, 2.24) is 24.6 Å². The molecule has 0 aliphatic carbocycles. The zero-order valence-corrected chi connectivity index (χ0v) is 13.7. The van der Waals surface area contributed by atoms with E-state index < -0.39 is 0 Å². The molecule has 2 aromatic heterocycles. The topological polar surface area (TPSA) is 66.8 Å². The Morgan fingerprint density at radius 3 is 3.13 bits per heavy atom. The third-order valence-corrected chi connectivity index (χ3v) is 4.66. The number of rotatable bonds is 6. The molecular formula is C17H25N5O. The van der Waals surface area contributed by atoms with E-state index in [-0.39, 0.29) is 5.91 Å². The second-order valence-corrected chi connectivity index (χ2v) is 6.49. The molecule has 1 N–H and O–H groups in total. The first-order chi connectivity index (χ1) is 11.2. The molecule has 3 rings (SSSR count). The number of imidazole rings is 1. The summed E-state index contributed by atoms with van der Waals surface area (Å²) in [6.07, 6.45) is 12.2. The molecule has 0 radical (unpaired) electrons. The van der Waals surface area contributed by atoms with E-state index in [9.17, 15) is 4.79 Å². The molecule has 23 heavy (non-hydrogen) atoms. The fourth-order valence-corrected chi connectivity index (χ4v) is 3.32. The van der Waals surface area contributed by atoms with E-state index in [1.54, 1.807) is 12.5 Å². The summed E-state index contributed by atoms with van der Waals surface area (Å²) in [5.41, 5.74) is 2.43. The van der Waals surface area contributed by atoms with Gasteiger partial charge in [-0.05, 0) is 44.1 Å². The van der Waals surface area contributed by atoms with Crippen LogP contribution in [0.5, 0.6) is 0 Å². The Morgan fingerprint density at radius 1 is 1.48 bits per heavy atom. The van der Waals surface area contributed by atoms with Crippen molar-refractivity contribution in [2.24, 2.45) is 5.92 Å². The van der Waals surface area contributed by atoms with Gasteiger partial charge >= 0.3 is 0 Å². The van der Waals surface area contributed by atoms with E-state index in [0.29, 0.717) is 12.3 Å². The average Bonchev–Trinajstić information content (AvgIpc) is 3.20. The van der Waals surface area contributed by atoms with Crippen LogP contribution >= 0.6 is 0 Å². The standard InChI is InChI=1S/C17H25N5O/c1-14-11-19-20-16(14)10-15-4-2-8-22(12-15)17(23)5-3-7-21-9-6-18-13-21/h6,9,11,13,15H,2-5,7-8,10,12H2,1H3,(H,19,20). The number of likely N-dealkylation sites (tertiary alicyclic amines) is 1. The minimum absolute atomic E-state index is 0.288. The molecular weight excluding hydrogens is 290 g/mol. The van der Waals surface area contributed by atoms with Crippen molar-refractivity contribution in [3.63, 3.8) is 0 Å². The molecule has 1 fully saturated rings. The van der Waals surface area contributed by atoms with Crippen molar-refractivity contribution < 1.29 is 4.79 Å². The van der Waals surface area contributed by atoms with Crippen LogP contribution in [0.25, 0.3) is 0 Å². The number of H-pyrrole nitrogens is 1. The molecule has 0 spiro atoms. The predicted molar refractivity (Wildman–Crippen MR) is 87.8 cm³/mol. The van der Waals surface area contributed by atoms with Gasteiger partial charge in [-0.15, -0.1) is 0 Å². The van der Waals surface area contributed by atoms with Crippen LogP contribution in [-0.4, -0.2) is 43.6 Å². The number of piperidine rings is 1. The van der Waals surface area contributed by atoms with Crippen LogP contribution in [0, 0.1) is 12.8 Å². The van der Waals surface area contributed by atoms with E-state index in [0.717, 1.165) is 38.9 Å². The zero-order valence-electron chi connectivity index (χ0n) is 13.7. The fraction of sp³-hybridized carbons (Fsp3) is 0.588. The smallest absolute Gasteiger partial charge is 0.222 e. The van der Waals surface area contributed by atoms with Crippen LogP contribution in [0.15, 0.2) is 24.9 Å². The average molecular weight is 315 g/mol. The number of hydrogen-bond acceptors (Lipinski definition) is 3. The van der Waals surface area contributed by atoms with E-state index in [2.05, 4.69) is 22.1 Å². The largest absolute Gasteiger partial charge is 0.342 e. The van der Waals surface area contributed by atoms with E-state index >= 15 is 0 Å². The molecule has 3 heterocycles. The summed E-state index contributed by atoms with van der Waals surface area (Å²) in [7, 11) is 0. The SMILES string of the molecule is Cc1cn[nH]c1CC1CCCN(C(=O)CCCn2ccnc2)C1. The van der Waals surface area contributed by atoms with Gasteiger partial charge in [-0.3, -0.25) is 9.89 Å². The zero-order chi connectivity index (χ0) is 16.1. The summed E-state index contributed by atoms with van der Waals surface area (Å²) in [6.45, 7) is 4.72. The number of carbonyl (C=O) groups excluding carboxylic acids is 1. The number of carbonyl (C=O) groups is 1. The third kappa shape index (κ3) is 4.21. The monoisotopic (exact) mass is 315 g/mol. The molecule has 6 nitrogen and oxygen atoms in total. The first kappa shape index (κ1) is 15.8. The molecule has 1 aliphatic heterocycles. The molecule has 6 heteroatoms. The highest BCUT2D eigenvalue weighted by molar-refractivity contribution is 5.76. The van der Waals surface area contributed by atoms with E-state index in [4.69, 9.17) is 0 Å². The second-order valence-electron chi connectivity index (χ2n) is 6.49. The molecule has 0 saturated carbocycles. The number of hydrogen-bond donors (Lipinski definition) is 1. The van der Waals surface area contributed by atoms with Crippen LogP contribution in [-0.2, 0) is 17.8 Å². The van der Waals surface area contributed by atoms with Crippen molar-refractivity contribution in [2.45, 2.75) is 45.6 Å². The Bertz CT molecular complexity index is 619. The highest BCUT2D eigenvalue weighted by atomic mass is 16.2. The lowest BCUT2D eigenvalue weighted by molar-refractivity contribution is -0.133. The number of amides is 1.